The number of nitrogens with zero attached hydrogens (tertiary/aromatic N) is 1. The van der Waals surface area contributed by atoms with Gasteiger partial charge in [-0.1, -0.05) is 0 Å². The summed E-state index contributed by atoms with van der Waals surface area (Å²) < 4.78 is 0. The number of nitrogens with one attached hydrogen (secondary N) is 2. The lowest BCUT2D eigenvalue weighted by molar-refractivity contribution is -0.144. The van der Waals surface area contributed by atoms with Gasteiger partial charge in [-0.15, -0.1) is 0 Å². The number of hydrogen-bond donors (Lipinski definition) is 7. The van der Waals surface area contributed by atoms with Crippen LogP contribution in [0.1, 0.15) is 19.8 Å². The van der Waals surface area contributed by atoms with Crippen LogP contribution < -0.4 is 16.4 Å². The van der Waals surface area contributed by atoms with Crippen molar-refractivity contribution in [1.29, 1.82) is 0 Å². The summed E-state index contributed by atoms with van der Waals surface area (Å²) in [6.45, 7) is 0.853. The zero-order chi connectivity index (χ0) is 20.7. The predicted octanol–water partition coefficient (Wildman–Crippen LogP) is -3.34. The van der Waals surface area contributed by atoms with Crippen molar-refractivity contribution in [3.05, 3.63) is 0 Å². The molecule has 0 aliphatic carbocycles. The number of carboxylic acid groups (broad SMARTS) is 1. The predicted molar refractivity (Wildman–Crippen MR) is 96.8 cm³/mol. The summed E-state index contributed by atoms with van der Waals surface area (Å²) in [5, 5.41) is 31.8. The summed E-state index contributed by atoms with van der Waals surface area (Å²) in [4.78, 5) is 49.1. The fraction of sp³-hybridized carbons (Fsp3) is 0.733. The van der Waals surface area contributed by atoms with Crippen LogP contribution in [-0.4, -0.2) is 93.1 Å². The number of carbonyl (C=O) groups is 4. The minimum atomic E-state index is -1.51. The van der Waals surface area contributed by atoms with E-state index < -0.39 is 60.6 Å². The van der Waals surface area contributed by atoms with Gasteiger partial charge in [-0.2, -0.15) is 12.6 Å². The number of aliphatic hydroxyl groups excluding tert-OH is 2. The molecule has 1 aliphatic heterocycles. The van der Waals surface area contributed by atoms with E-state index in [2.05, 4.69) is 23.3 Å². The molecule has 3 amide bonds. The highest BCUT2D eigenvalue weighted by Crippen LogP contribution is 2.19. The van der Waals surface area contributed by atoms with Gasteiger partial charge in [0.2, 0.25) is 17.7 Å². The topological polar surface area (TPSA) is 182 Å². The third-order valence-electron chi connectivity index (χ3n) is 4.26. The molecule has 1 heterocycles. The van der Waals surface area contributed by atoms with Crippen LogP contribution in [0.2, 0.25) is 0 Å². The molecule has 0 aromatic carbocycles. The maximum atomic E-state index is 12.5. The Morgan fingerprint density at radius 1 is 1.26 bits per heavy atom. The van der Waals surface area contributed by atoms with E-state index in [0.717, 1.165) is 0 Å². The van der Waals surface area contributed by atoms with E-state index in [1.54, 1.807) is 0 Å². The molecular weight excluding hydrogens is 380 g/mol. The molecule has 1 aliphatic rings. The van der Waals surface area contributed by atoms with Crippen LogP contribution in [-0.2, 0) is 19.2 Å². The van der Waals surface area contributed by atoms with Crippen molar-refractivity contribution >= 4 is 36.3 Å². The van der Waals surface area contributed by atoms with Crippen molar-refractivity contribution in [2.75, 3.05) is 18.9 Å². The molecular formula is C15H26N4O7S. The van der Waals surface area contributed by atoms with Gasteiger partial charge in [0.15, 0.2) is 0 Å². The molecule has 12 heteroatoms. The first-order chi connectivity index (χ1) is 12.6. The summed E-state index contributed by atoms with van der Waals surface area (Å²) in [7, 11) is 0. The highest BCUT2D eigenvalue weighted by Gasteiger charge is 2.38. The number of carbonyl (C=O) groups excluding carboxylic acids is 3. The first-order valence-corrected chi connectivity index (χ1v) is 9.06. The number of hydrogen-bond acceptors (Lipinski definition) is 8. The van der Waals surface area contributed by atoms with Crippen LogP contribution in [0.3, 0.4) is 0 Å². The normalized spacial score (nSPS) is 21.1. The fourth-order valence-electron chi connectivity index (χ4n) is 2.62. The minimum absolute atomic E-state index is 0.122. The van der Waals surface area contributed by atoms with Crippen molar-refractivity contribution in [3.63, 3.8) is 0 Å². The minimum Gasteiger partial charge on any atom is -0.480 e. The Bertz CT molecular complexity index is 574. The van der Waals surface area contributed by atoms with Crippen molar-refractivity contribution in [2.24, 2.45) is 5.73 Å². The first kappa shape index (κ1) is 23.1. The molecule has 0 radical (unpaired) electrons. The van der Waals surface area contributed by atoms with E-state index in [-0.39, 0.29) is 5.75 Å². The molecule has 0 saturated carbocycles. The molecule has 1 fully saturated rings. The van der Waals surface area contributed by atoms with Gasteiger partial charge in [-0.05, 0) is 19.8 Å². The highest BCUT2D eigenvalue weighted by atomic mass is 32.1. The maximum absolute atomic E-state index is 12.5. The van der Waals surface area contributed by atoms with Gasteiger partial charge in [-0.25, -0.2) is 4.79 Å². The number of aliphatic carboxylic acids is 1. The number of thiol groups is 1. The Kier molecular flexibility index (Phi) is 8.96. The van der Waals surface area contributed by atoms with Gasteiger partial charge in [0.1, 0.15) is 24.2 Å². The molecule has 5 unspecified atom stereocenters. The Labute approximate surface area is 161 Å². The zero-order valence-electron chi connectivity index (χ0n) is 14.9. The Hall–Kier alpha value is -1.89. The molecule has 0 aromatic rings. The van der Waals surface area contributed by atoms with Crippen LogP contribution in [0.15, 0.2) is 0 Å². The van der Waals surface area contributed by atoms with Gasteiger partial charge in [0.25, 0.3) is 0 Å². The largest absolute Gasteiger partial charge is 0.480 e. The SMILES string of the molecule is CC(O)C(N)C(=O)N1CCCC1C(=O)NC(CS)C(=O)NC(CO)C(=O)O. The Morgan fingerprint density at radius 2 is 1.89 bits per heavy atom. The number of aliphatic hydroxyl groups is 2. The van der Waals surface area contributed by atoms with E-state index in [9.17, 15) is 24.3 Å². The molecule has 0 spiro atoms. The molecule has 1 saturated heterocycles. The van der Waals surface area contributed by atoms with Crippen LogP contribution in [0.4, 0.5) is 0 Å². The molecule has 11 nitrogen and oxygen atoms in total. The van der Waals surface area contributed by atoms with Crippen LogP contribution in [0.25, 0.3) is 0 Å². The highest BCUT2D eigenvalue weighted by molar-refractivity contribution is 7.80. The summed E-state index contributed by atoms with van der Waals surface area (Å²) in [6.07, 6.45) is -0.164. The second-order valence-electron chi connectivity index (χ2n) is 6.28. The van der Waals surface area contributed by atoms with Gasteiger partial charge in [-0.3, -0.25) is 14.4 Å². The maximum Gasteiger partial charge on any atom is 0.328 e. The number of amides is 3. The molecule has 0 aromatic heterocycles. The molecule has 27 heavy (non-hydrogen) atoms. The van der Waals surface area contributed by atoms with E-state index in [4.69, 9.17) is 15.9 Å². The van der Waals surface area contributed by atoms with Crippen molar-refractivity contribution in [1.82, 2.24) is 15.5 Å². The van der Waals surface area contributed by atoms with Gasteiger partial charge in [0.05, 0.1) is 12.7 Å². The van der Waals surface area contributed by atoms with Gasteiger partial charge >= 0.3 is 5.97 Å². The zero-order valence-corrected chi connectivity index (χ0v) is 15.8. The average molecular weight is 406 g/mol. The van der Waals surface area contributed by atoms with Crippen molar-refractivity contribution in [3.8, 4) is 0 Å². The number of rotatable bonds is 9. The van der Waals surface area contributed by atoms with Gasteiger partial charge < -0.3 is 36.6 Å². The van der Waals surface area contributed by atoms with Crippen molar-refractivity contribution < 1.29 is 34.5 Å². The number of carboxylic acids is 1. The number of likely N-dealkylation sites (tertiary alicyclic amines) is 1. The Balaban J connectivity index is 2.77. The third kappa shape index (κ3) is 6.06. The lowest BCUT2D eigenvalue weighted by Gasteiger charge is -2.29. The van der Waals surface area contributed by atoms with Crippen LogP contribution in [0, 0.1) is 0 Å². The summed E-state index contributed by atoms with van der Waals surface area (Å²) in [5.74, 6) is -3.54. The number of nitrogens with two attached hydrogens (primary N) is 1. The standard InChI is InChI=1S/C15H26N4O7S/c1-7(21)11(16)14(24)19-4-2-3-10(19)13(23)18-9(6-27)12(22)17-8(5-20)15(25)26/h7-11,20-21,27H,2-6,16H2,1H3,(H,17,22)(H,18,23)(H,25,26). The van der Waals surface area contributed by atoms with Crippen molar-refractivity contribution in [2.45, 2.75) is 50.0 Å². The second kappa shape index (κ2) is 10.4. The lowest BCUT2D eigenvalue weighted by Crippen LogP contribution is -2.58. The van der Waals surface area contributed by atoms with E-state index in [0.29, 0.717) is 19.4 Å². The summed E-state index contributed by atoms with van der Waals surface area (Å²) in [5.41, 5.74) is 5.65. The first-order valence-electron chi connectivity index (χ1n) is 8.43. The summed E-state index contributed by atoms with van der Waals surface area (Å²) in [6, 6.07) is -4.68. The molecule has 1 rings (SSSR count). The molecule has 5 atom stereocenters. The summed E-state index contributed by atoms with van der Waals surface area (Å²) >= 11 is 3.98. The monoisotopic (exact) mass is 406 g/mol. The van der Waals surface area contributed by atoms with E-state index >= 15 is 0 Å². The van der Waals surface area contributed by atoms with E-state index in [1.165, 1.54) is 11.8 Å². The van der Waals surface area contributed by atoms with Crippen LogP contribution >= 0.6 is 12.6 Å². The average Bonchev–Trinajstić information content (AvgIpc) is 3.11. The third-order valence-corrected chi connectivity index (χ3v) is 4.62. The molecule has 7 N–H and O–H groups in total. The molecule has 0 bridgehead atoms. The Morgan fingerprint density at radius 3 is 2.37 bits per heavy atom. The quantitative estimate of drug-likeness (QED) is 0.194. The second-order valence-corrected chi connectivity index (χ2v) is 6.65. The van der Waals surface area contributed by atoms with Crippen LogP contribution in [0.5, 0.6) is 0 Å². The lowest BCUT2D eigenvalue weighted by atomic mass is 10.1. The van der Waals surface area contributed by atoms with E-state index in [1.807, 2.05) is 0 Å². The fourth-order valence-corrected chi connectivity index (χ4v) is 2.88. The smallest absolute Gasteiger partial charge is 0.328 e. The molecule has 154 valence electrons. The van der Waals surface area contributed by atoms with Gasteiger partial charge in [0, 0.05) is 12.3 Å².